The maximum absolute atomic E-state index is 12.3. The van der Waals surface area contributed by atoms with Crippen LogP contribution in [0.3, 0.4) is 0 Å². The Morgan fingerprint density at radius 2 is 1.77 bits per heavy atom. The number of halogens is 1. The molecule has 0 radical (unpaired) electrons. The fourth-order valence-corrected chi connectivity index (χ4v) is 3.40. The van der Waals surface area contributed by atoms with Crippen LogP contribution in [0.15, 0.2) is 29.3 Å². The van der Waals surface area contributed by atoms with E-state index in [4.69, 9.17) is 34.5 Å². The molecule has 10 nitrogen and oxygen atoms in total. The summed E-state index contributed by atoms with van der Waals surface area (Å²) in [7, 11) is 0. The molecule has 0 saturated carbocycles. The summed E-state index contributed by atoms with van der Waals surface area (Å²) in [6.07, 6.45) is 1.75. The number of nitrogen functional groups attached to an aromatic ring is 2. The smallest absolute Gasteiger partial charge is 0.302 e. The molecule has 0 aliphatic carbocycles. The highest BCUT2D eigenvalue weighted by molar-refractivity contribution is 6.31. The largest absolute Gasteiger partial charge is 0.382 e. The highest BCUT2D eigenvalue weighted by Crippen LogP contribution is 2.18. The van der Waals surface area contributed by atoms with E-state index in [1.807, 2.05) is 0 Å². The number of amides is 1. The minimum atomic E-state index is -0.731. The molecule has 2 heterocycles. The van der Waals surface area contributed by atoms with Crippen LogP contribution in [0, 0.1) is 0 Å². The van der Waals surface area contributed by atoms with Gasteiger partial charge in [-0.1, -0.05) is 35.9 Å². The van der Waals surface area contributed by atoms with E-state index in [9.17, 15) is 4.79 Å². The number of carbonyl (C=O) groups is 1. The van der Waals surface area contributed by atoms with E-state index in [1.165, 1.54) is 5.56 Å². The number of piperidine rings is 1. The molecule has 1 aliphatic heterocycles. The van der Waals surface area contributed by atoms with Crippen molar-refractivity contribution in [3.8, 4) is 0 Å². The van der Waals surface area contributed by atoms with Gasteiger partial charge >= 0.3 is 5.91 Å². The Morgan fingerprint density at radius 1 is 1.13 bits per heavy atom. The zero-order chi connectivity index (χ0) is 21.7. The molecule has 0 spiro atoms. The Balaban J connectivity index is 1.51. The first kappa shape index (κ1) is 21.8. The predicted molar refractivity (Wildman–Crippen MR) is 118 cm³/mol. The van der Waals surface area contributed by atoms with Gasteiger partial charge in [0, 0.05) is 32.2 Å². The van der Waals surface area contributed by atoms with E-state index in [-0.39, 0.29) is 34.5 Å². The quantitative estimate of drug-likeness (QED) is 0.332. The van der Waals surface area contributed by atoms with Gasteiger partial charge in [-0.25, -0.2) is 9.97 Å². The number of hydrogen-bond acceptors (Lipinski definition) is 7. The fourth-order valence-electron chi connectivity index (χ4n) is 3.28. The van der Waals surface area contributed by atoms with Crippen LogP contribution < -0.4 is 28.3 Å². The van der Waals surface area contributed by atoms with Gasteiger partial charge in [0.15, 0.2) is 28.4 Å². The molecule has 2 aromatic rings. The molecule has 1 saturated heterocycles. The number of nitrogens with one attached hydrogen (secondary N) is 1. The second kappa shape index (κ2) is 9.70. The molecule has 1 aromatic heterocycles. The first-order valence-electron chi connectivity index (χ1n) is 9.59. The van der Waals surface area contributed by atoms with Crippen LogP contribution in [0.5, 0.6) is 0 Å². The van der Waals surface area contributed by atoms with Gasteiger partial charge in [0.1, 0.15) is 0 Å². The topological polar surface area (TPSA) is 175 Å². The summed E-state index contributed by atoms with van der Waals surface area (Å²) in [4.78, 5) is 26.1. The van der Waals surface area contributed by atoms with Gasteiger partial charge in [-0.2, -0.15) is 4.99 Å². The third-order valence-electron chi connectivity index (χ3n) is 4.93. The number of hydrogen-bond donors (Lipinski definition) is 5. The number of aliphatic imine (C=N–C) groups is 1. The molecule has 9 N–H and O–H groups in total. The zero-order valence-electron chi connectivity index (χ0n) is 16.5. The van der Waals surface area contributed by atoms with E-state index in [0.29, 0.717) is 6.54 Å². The summed E-state index contributed by atoms with van der Waals surface area (Å²) < 4.78 is 0. The Bertz CT molecular complexity index is 924. The normalized spacial score (nSPS) is 15.9. The molecule has 3 rings (SSSR count). The molecule has 1 aromatic carbocycles. The maximum Gasteiger partial charge on any atom is 0.302 e. The Labute approximate surface area is 179 Å². The van der Waals surface area contributed by atoms with E-state index < -0.39 is 5.91 Å². The second-order valence-electron chi connectivity index (χ2n) is 7.15. The molecule has 0 unspecified atom stereocenters. The predicted octanol–water partition coefficient (Wildman–Crippen LogP) is 0.462. The number of guanidine groups is 1. The van der Waals surface area contributed by atoms with Crippen LogP contribution in [0.25, 0.3) is 0 Å². The molecule has 160 valence electrons. The summed E-state index contributed by atoms with van der Waals surface area (Å²) >= 11 is 5.80. The minimum absolute atomic E-state index is 0.00460. The minimum Gasteiger partial charge on any atom is -0.382 e. The van der Waals surface area contributed by atoms with Crippen LogP contribution in [0.4, 0.5) is 11.6 Å². The van der Waals surface area contributed by atoms with E-state index in [2.05, 4.69) is 49.4 Å². The lowest BCUT2D eigenvalue weighted by Crippen LogP contribution is -2.47. The third-order valence-corrected chi connectivity index (χ3v) is 5.21. The summed E-state index contributed by atoms with van der Waals surface area (Å²) in [5.74, 6) is -0.927. The van der Waals surface area contributed by atoms with Gasteiger partial charge in [-0.05, 0) is 24.0 Å². The standard InChI is InChI=1S/C19H26ClN9O/c20-15-17(23)27-16(22)14(26-15)18(30)28-19(24)25-13-5-7-29(8-6-13)10-12-3-1-11(9-21)2-4-12/h1-4,13H,5-10,21H2,(H4,22,23,27)(H3,24,25,28,30). The van der Waals surface area contributed by atoms with E-state index >= 15 is 0 Å². The maximum atomic E-state index is 12.3. The number of rotatable bonds is 5. The number of anilines is 2. The Hall–Kier alpha value is -2.95. The van der Waals surface area contributed by atoms with Crippen LogP contribution in [0.1, 0.15) is 34.5 Å². The van der Waals surface area contributed by atoms with Gasteiger partial charge in [0.05, 0.1) is 0 Å². The lowest BCUT2D eigenvalue weighted by Gasteiger charge is -2.32. The Morgan fingerprint density at radius 3 is 2.40 bits per heavy atom. The van der Waals surface area contributed by atoms with E-state index in [1.54, 1.807) is 0 Å². The van der Waals surface area contributed by atoms with Gasteiger partial charge in [0.2, 0.25) is 0 Å². The number of nitrogens with zero attached hydrogens (tertiary/aromatic N) is 4. The highest BCUT2D eigenvalue weighted by atomic mass is 35.5. The summed E-state index contributed by atoms with van der Waals surface area (Å²) in [6, 6.07) is 8.46. The van der Waals surface area contributed by atoms with Crippen LogP contribution in [-0.2, 0) is 13.1 Å². The molecule has 1 fully saturated rings. The number of carbonyl (C=O) groups excluding carboxylic acids is 1. The monoisotopic (exact) mass is 431 g/mol. The average molecular weight is 432 g/mol. The molecule has 1 amide bonds. The average Bonchev–Trinajstić information content (AvgIpc) is 2.72. The molecule has 1 aliphatic rings. The van der Waals surface area contributed by atoms with Crippen molar-refractivity contribution in [1.29, 1.82) is 0 Å². The number of benzene rings is 1. The third kappa shape index (κ3) is 5.56. The van der Waals surface area contributed by atoms with Crippen molar-refractivity contribution in [3.05, 3.63) is 46.2 Å². The fraction of sp³-hybridized carbons (Fsp3) is 0.368. The van der Waals surface area contributed by atoms with Crippen molar-refractivity contribution in [2.24, 2.45) is 16.5 Å². The van der Waals surface area contributed by atoms with Gasteiger partial charge < -0.3 is 28.3 Å². The number of likely N-dealkylation sites (tertiary alicyclic amines) is 1. The van der Waals surface area contributed by atoms with Crippen LogP contribution >= 0.6 is 11.6 Å². The number of nitrogens with two attached hydrogens (primary N) is 4. The van der Waals surface area contributed by atoms with Crippen molar-refractivity contribution in [3.63, 3.8) is 0 Å². The van der Waals surface area contributed by atoms with Crippen molar-refractivity contribution < 1.29 is 4.79 Å². The van der Waals surface area contributed by atoms with Crippen LogP contribution in [-0.4, -0.2) is 45.9 Å². The number of aromatic nitrogens is 2. The van der Waals surface area contributed by atoms with Crippen molar-refractivity contribution in [1.82, 2.24) is 20.2 Å². The molecule has 11 heteroatoms. The summed E-state index contributed by atoms with van der Waals surface area (Å²) in [6.45, 7) is 3.25. The molecular formula is C19H26ClN9O. The zero-order valence-corrected chi connectivity index (χ0v) is 17.3. The molecular weight excluding hydrogens is 406 g/mol. The highest BCUT2D eigenvalue weighted by Gasteiger charge is 2.21. The van der Waals surface area contributed by atoms with Crippen molar-refractivity contribution >= 4 is 35.1 Å². The summed E-state index contributed by atoms with van der Waals surface area (Å²) in [5, 5.41) is 2.97. The van der Waals surface area contributed by atoms with Crippen LogP contribution in [0.2, 0.25) is 5.15 Å². The lowest BCUT2D eigenvalue weighted by atomic mass is 10.0. The van der Waals surface area contributed by atoms with Crippen molar-refractivity contribution in [2.75, 3.05) is 24.6 Å². The first-order valence-corrected chi connectivity index (χ1v) is 9.97. The van der Waals surface area contributed by atoms with Crippen molar-refractivity contribution in [2.45, 2.75) is 32.0 Å². The SMILES string of the molecule is NCc1ccc(CN2CCC(N/C(N)=N/C(=O)c3nc(Cl)c(N)nc3N)CC2)cc1. The molecule has 30 heavy (non-hydrogen) atoms. The molecule has 0 atom stereocenters. The Kier molecular flexibility index (Phi) is 7.03. The molecule has 0 bridgehead atoms. The first-order chi connectivity index (χ1) is 14.4. The van der Waals surface area contributed by atoms with Gasteiger partial charge in [-0.15, -0.1) is 0 Å². The van der Waals surface area contributed by atoms with Gasteiger partial charge in [0.25, 0.3) is 0 Å². The van der Waals surface area contributed by atoms with E-state index in [0.717, 1.165) is 38.0 Å². The van der Waals surface area contributed by atoms with Gasteiger partial charge in [-0.3, -0.25) is 9.69 Å². The second-order valence-corrected chi connectivity index (χ2v) is 7.51. The lowest BCUT2D eigenvalue weighted by molar-refractivity contribution is 0.0998. The summed E-state index contributed by atoms with van der Waals surface area (Å²) in [5.41, 5.74) is 24.9.